The highest BCUT2D eigenvalue weighted by molar-refractivity contribution is 5.69. The van der Waals surface area contributed by atoms with Crippen molar-refractivity contribution >= 4 is 5.97 Å². The summed E-state index contributed by atoms with van der Waals surface area (Å²) >= 11 is 0. The number of esters is 1. The van der Waals surface area contributed by atoms with Crippen LogP contribution in [0.1, 0.15) is 47.0 Å². The van der Waals surface area contributed by atoms with Crippen LogP contribution in [0.15, 0.2) is 0 Å². The highest BCUT2D eigenvalue weighted by Crippen LogP contribution is 2.13. The van der Waals surface area contributed by atoms with Crippen molar-refractivity contribution in [3.8, 4) is 0 Å². The van der Waals surface area contributed by atoms with Crippen molar-refractivity contribution in [1.82, 2.24) is 0 Å². The summed E-state index contributed by atoms with van der Waals surface area (Å²) in [5, 5.41) is 8.92. The third-order valence-electron chi connectivity index (χ3n) is 2.01. The van der Waals surface area contributed by atoms with Gasteiger partial charge in [-0.25, -0.2) is 0 Å². The summed E-state index contributed by atoms with van der Waals surface area (Å²) in [4.78, 5) is 11.3. The molecule has 0 heterocycles. The van der Waals surface area contributed by atoms with Gasteiger partial charge < -0.3 is 9.84 Å². The Morgan fingerprint density at radius 3 is 2.36 bits per heavy atom. The first kappa shape index (κ1) is 13.4. The Hall–Kier alpha value is -0.570. The zero-order valence-corrected chi connectivity index (χ0v) is 9.67. The molecule has 0 fully saturated rings. The topological polar surface area (TPSA) is 46.5 Å². The van der Waals surface area contributed by atoms with Crippen LogP contribution in [0.2, 0.25) is 0 Å². The van der Waals surface area contributed by atoms with Gasteiger partial charge in [-0.1, -0.05) is 13.3 Å². The van der Waals surface area contributed by atoms with E-state index >= 15 is 0 Å². The highest BCUT2D eigenvalue weighted by Gasteiger charge is 2.17. The molecule has 0 aromatic carbocycles. The van der Waals surface area contributed by atoms with Crippen LogP contribution in [0, 0.1) is 5.92 Å². The predicted octanol–water partition coefficient (Wildman–Crippen LogP) is 2.13. The molecule has 1 unspecified atom stereocenters. The van der Waals surface area contributed by atoms with Gasteiger partial charge in [-0.15, -0.1) is 0 Å². The summed E-state index contributed by atoms with van der Waals surface area (Å²) in [6.45, 7) is 7.73. The van der Waals surface area contributed by atoms with Gasteiger partial charge in [0.05, 0.1) is 0 Å². The highest BCUT2D eigenvalue weighted by atomic mass is 16.6. The molecule has 0 saturated carbocycles. The fraction of sp³-hybridized carbons (Fsp3) is 0.909. The van der Waals surface area contributed by atoms with Gasteiger partial charge in [0.25, 0.3) is 0 Å². The van der Waals surface area contributed by atoms with E-state index in [4.69, 9.17) is 9.84 Å². The largest absolute Gasteiger partial charge is 0.460 e. The van der Waals surface area contributed by atoms with E-state index in [1.54, 1.807) is 0 Å². The quantitative estimate of drug-likeness (QED) is 0.695. The van der Waals surface area contributed by atoms with Crippen molar-refractivity contribution in [2.24, 2.45) is 5.92 Å². The van der Waals surface area contributed by atoms with Crippen molar-refractivity contribution in [3.05, 3.63) is 0 Å². The maximum Gasteiger partial charge on any atom is 0.306 e. The molecule has 0 saturated heterocycles. The van der Waals surface area contributed by atoms with E-state index in [2.05, 4.69) is 0 Å². The summed E-state index contributed by atoms with van der Waals surface area (Å²) in [6.07, 6.45) is 2.01. The number of rotatable bonds is 5. The zero-order chi connectivity index (χ0) is 11.2. The monoisotopic (exact) mass is 202 g/mol. The van der Waals surface area contributed by atoms with Gasteiger partial charge in [0.2, 0.25) is 0 Å². The van der Waals surface area contributed by atoms with Crippen LogP contribution < -0.4 is 0 Å². The third-order valence-corrected chi connectivity index (χ3v) is 2.01. The van der Waals surface area contributed by atoms with E-state index in [1.807, 2.05) is 27.7 Å². The molecule has 0 amide bonds. The van der Waals surface area contributed by atoms with Crippen molar-refractivity contribution in [1.29, 1.82) is 0 Å². The van der Waals surface area contributed by atoms with E-state index in [1.165, 1.54) is 0 Å². The van der Waals surface area contributed by atoms with Crippen molar-refractivity contribution in [3.63, 3.8) is 0 Å². The first-order chi connectivity index (χ1) is 6.39. The second-order valence-corrected chi connectivity index (χ2v) is 4.58. The minimum atomic E-state index is -0.405. The van der Waals surface area contributed by atoms with Crippen LogP contribution in [-0.4, -0.2) is 23.3 Å². The number of hydrogen-bond acceptors (Lipinski definition) is 3. The smallest absolute Gasteiger partial charge is 0.306 e. The number of aliphatic hydroxyl groups excluding tert-OH is 1. The predicted molar refractivity (Wildman–Crippen MR) is 55.9 cm³/mol. The Morgan fingerprint density at radius 1 is 1.43 bits per heavy atom. The van der Waals surface area contributed by atoms with E-state index in [0.29, 0.717) is 12.8 Å². The Balaban J connectivity index is 3.74. The number of ether oxygens (including phenoxy) is 1. The zero-order valence-electron chi connectivity index (χ0n) is 9.67. The molecule has 0 aliphatic carbocycles. The standard InChI is InChI=1S/C11H22O3/c1-5-9(8-12)6-7-10(13)14-11(2,3)4/h9,12H,5-8H2,1-4H3. The molecular formula is C11H22O3. The Morgan fingerprint density at radius 2 is 2.00 bits per heavy atom. The van der Waals surface area contributed by atoms with Gasteiger partial charge in [-0.05, 0) is 33.1 Å². The molecule has 3 heteroatoms. The third kappa shape index (κ3) is 6.89. The van der Waals surface area contributed by atoms with Crippen molar-refractivity contribution in [2.45, 2.75) is 52.6 Å². The molecular weight excluding hydrogens is 180 g/mol. The average Bonchev–Trinajstić information content (AvgIpc) is 2.03. The summed E-state index contributed by atoms with van der Waals surface area (Å²) in [6, 6.07) is 0. The van der Waals surface area contributed by atoms with Gasteiger partial charge in [-0.2, -0.15) is 0 Å². The molecule has 0 aliphatic heterocycles. The molecule has 0 radical (unpaired) electrons. The maximum absolute atomic E-state index is 11.3. The van der Waals surface area contributed by atoms with Gasteiger partial charge in [0, 0.05) is 13.0 Å². The molecule has 3 nitrogen and oxygen atoms in total. The van der Waals surface area contributed by atoms with E-state index in [-0.39, 0.29) is 18.5 Å². The van der Waals surface area contributed by atoms with Crippen LogP contribution >= 0.6 is 0 Å². The number of aliphatic hydroxyl groups is 1. The summed E-state index contributed by atoms with van der Waals surface area (Å²) in [5.74, 6) is 0.0481. The molecule has 1 N–H and O–H groups in total. The summed E-state index contributed by atoms with van der Waals surface area (Å²) in [7, 11) is 0. The van der Waals surface area contributed by atoms with E-state index in [0.717, 1.165) is 6.42 Å². The lowest BCUT2D eigenvalue weighted by atomic mass is 10.0. The minimum Gasteiger partial charge on any atom is -0.460 e. The van der Waals surface area contributed by atoms with Gasteiger partial charge in [-0.3, -0.25) is 4.79 Å². The average molecular weight is 202 g/mol. The van der Waals surface area contributed by atoms with E-state index < -0.39 is 5.60 Å². The van der Waals surface area contributed by atoms with Gasteiger partial charge >= 0.3 is 5.97 Å². The second-order valence-electron chi connectivity index (χ2n) is 4.58. The molecule has 1 atom stereocenters. The lowest BCUT2D eigenvalue weighted by molar-refractivity contribution is -0.155. The van der Waals surface area contributed by atoms with Crippen molar-refractivity contribution in [2.75, 3.05) is 6.61 Å². The molecule has 0 bridgehead atoms. The number of carbonyl (C=O) groups is 1. The molecule has 0 aromatic rings. The minimum absolute atomic E-state index is 0.152. The molecule has 0 rings (SSSR count). The molecule has 0 spiro atoms. The van der Waals surface area contributed by atoms with Crippen LogP contribution in [0.4, 0.5) is 0 Å². The van der Waals surface area contributed by atoms with Gasteiger partial charge in [0.15, 0.2) is 0 Å². The van der Waals surface area contributed by atoms with Crippen LogP contribution in [0.25, 0.3) is 0 Å². The fourth-order valence-corrected chi connectivity index (χ4v) is 1.14. The Labute approximate surface area is 86.5 Å². The second kappa shape index (κ2) is 6.02. The normalized spacial score (nSPS) is 13.8. The van der Waals surface area contributed by atoms with Crippen LogP contribution in [0.5, 0.6) is 0 Å². The summed E-state index contributed by atoms with van der Waals surface area (Å²) < 4.78 is 5.16. The Bertz CT molecular complexity index is 166. The molecule has 0 aromatic heterocycles. The van der Waals surface area contributed by atoms with Crippen molar-refractivity contribution < 1.29 is 14.6 Å². The summed E-state index contributed by atoms with van der Waals surface area (Å²) in [5.41, 5.74) is -0.405. The first-order valence-corrected chi connectivity index (χ1v) is 5.21. The van der Waals surface area contributed by atoms with Crippen LogP contribution in [-0.2, 0) is 9.53 Å². The SMILES string of the molecule is CCC(CO)CCC(=O)OC(C)(C)C. The number of carbonyl (C=O) groups excluding carboxylic acids is 1. The Kier molecular flexibility index (Phi) is 5.77. The molecule has 14 heavy (non-hydrogen) atoms. The lowest BCUT2D eigenvalue weighted by Crippen LogP contribution is -2.24. The van der Waals surface area contributed by atoms with Gasteiger partial charge in [0.1, 0.15) is 5.60 Å². The van der Waals surface area contributed by atoms with Crippen LogP contribution in [0.3, 0.4) is 0 Å². The molecule has 84 valence electrons. The fourth-order valence-electron chi connectivity index (χ4n) is 1.14. The molecule has 0 aliphatic rings. The lowest BCUT2D eigenvalue weighted by Gasteiger charge is -2.20. The first-order valence-electron chi connectivity index (χ1n) is 5.21. The number of hydrogen-bond donors (Lipinski definition) is 1. The van der Waals surface area contributed by atoms with E-state index in [9.17, 15) is 4.79 Å². The maximum atomic E-state index is 11.3.